The third-order valence-corrected chi connectivity index (χ3v) is 4.02. The van der Waals surface area contributed by atoms with Crippen molar-refractivity contribution in [2.75, 3.05) is 31.4 Å². The largest absolute Gasteiger partial charge is 0.464 e. The molecule has 0 unspecified atom stereocenters. The number of hydrogen-bond acceptors (Lipinski definition) is 5. The first-order valence-corrected chi connectivity index (χ1v) is 8.02. The third kappa shape index (κ3) is 3.55. The second-order valence-electron chi connectivity index (χ2n) is 6.13. The van der Waals surface area contributed by atoms with E-state index in [9.17, 15) is 4.79 Å². The number of hydrogen-bond donors (Lipinski definition) is 1. The highest BCUT2D eigenvalue weighted by atomic mass is 16.5. The van der Waals surface area contributed by atoms with E-state index >= 15 is 0 Å². The van der Waals surface area contributed by atoms with Crippen LogP contribution in [0.5, 0.6) is 0 Å². The summed E-state index contributed by atoms with van der Waals surface area (Å²) in [4.78, 5) is 18.4. The highest BCUT2D eigenvalue weighted by Gasteiger charge is 2.13. The number of esters is 1. The van der Waals surface area contributed by atoms with E-state index in [1.807, 2.05) is 62.3 Å². The minimum absolute atomic E-state index is 0.284. The van der Waals surface area contributed by atoms with E-state index in [4.69, 9.17) is 4.74 Å². The molecular formula is C20H21N3O2. The Bertz CT molecular complexity index is 918. The monoisotopic (exact) mass is 335 g/mol. The standard InChI is InChI=1S/C20H21N3O2/c1-13-5-10-17-16(11-13)18(12-19(22-17)20(24)25-4)21-14-6-8-15(9-7-14)23(2)3/h5-12H,1-4H3,(H,21,22). The average Bonchev–Trinajstić information content (AvgIpc) is 2.61. The number of pyridine rings is 1. The van der Waals surface area contributed by atoms with E-state index in [1.165, 1.54) is 7.11 Å². The molecule has 0 fully saturated rings. The van der Waals surface area contributed by atoms with E-state index in [0.29, 0.717) is 0 Å². The molecule has 1 heterocycles. The predicted molar refractivity (Wildman–Crippen MR) is 102 cm³/mol. The van der Waals surface area contributed by atoms with Gasteiger partial charge in [0.25, 0.3) is 0 Å². The maximum absolute atomic E-state index is 11.9. The summed E-state index contributed by atoms with van der Waals surface area (Å²) in [5.41, 5.74) is 5.05. The molecule has 0 aliphatic rings. The van der Waals surface area contributed by atoms with E-state index in [2.05, 4.69) is 16.4 Å². The van der Waals surface area contributed by atoms with Crippen LogP contribution in [0.4, 0.5) is 17.1 Å². The third-order valence-electron chi connectivity index (χ3n) is 4.02. The molecule has 25 heavy (non-hydrogen) atoms. The van der Waals surface area contributed by atoms with Crippen LogP contribution in [0.1, 0.15) is 16.1 Å². The topological polar surface area (TPSA) is 54.5 Å². The van der Waals surface area contributed by atoms with Crippen molar-refractivity contribution in [2.24, 2.45) is 0 Å². The molecule has 0 aliphatic heterocycles. The van der Waals surface area contributed by atoms with Crippen LogP contribution in [0.2, 0.25) is 0 Å². The van der Waals surface area contributed by atoms with Gasteiger partial charge in [0.2, 0.25) is 0 Å². The van der Waals surface area contributed by atoms with Crippen LogP contribution in [0.15, 0.2) is 48.5 Å². The molecule has 0 atom stereocenters. The second-order valence-corrected chi connectivity index (χ2v) is 6.13. The summed E-state index contributed by atoms with van der Waals surface area (Å²) in [6.07, 6.45) is 0. The Morgan fingerprint density at radius 1 is 1.08 bits per heavy atom. The summed E-state index contributed by atoms with van der Waals surface area (Å²) in [5, 5.41) is 4.36. The highest BCUT2D eigenvalue weighted by molar-refractivity contribution is 5.99. The number of rotatable bonds is 4. The Morgan fingerprint density at radius 3 is 2.44 bits per heavy atom. The van der Waals surface area contributed by atoms with Gasteiger partial charge in [-0.2, -0.15) is 0 Å². The Morgan fingerprint density at radius 2 is 1.80 bits per heavy atom. The van der Waals surface area contributed by atoms with E-state index in [-0.39, 0.29) is 5.69 Å². The molecule has 3 rings (SSSR count). The molecule has 5 nitrogen and oxygen atoms in total. The van der Waals surface area contributed by atoms with Crippen LogP contribution < -0.4 is 10.2 Å². The summed E-state index contributed by atoms with van der Waals surface area (Å²) in [6, 6.07) is 15.8. The van der Waals surface area contributed by atoms with Crippen molar-refractivity contribution in [3.63, 3.8) is 0 Å². The first kappa shape index (κ1) is 16.8. The molecular weight excluding hydrogens is 314 g/mol. The van der Waals surface area contributed by atoms with Gasteiger partial charge in [-0.25, -0.2) is 9.78 Å². The van der Waals surface area contributed by atoms with Gasteiger partial charge in [0, 0.05) is 30.9 Å². The number of nitrogens with one attached hydrogen (secondary N) is 1. The number of anilines is 3. The summed E-state index contributed by atoms with van der Waals surface area (Å²) in [6.45, 7) is 2.03. The van der Waals surface area contributed by atoms with Crippen LogP contribution in [-0.4, -0.2) is 32.2 Å². The molecule has 0 spiro atoms. The Hall–Kier alpha value is -3.08. The zero-order valence-electron chi connectivity index (χ0n) is 14.8. The minimum Gasteiger partial charge on any atom is -0.464 e. The fraction of sp³-hybridized carbons (Fsp3) is 0.200. The smallest absolute Gasteiger partial charge is 0.356 e. The van der Waals surface area contributed by atoms with Gasteiger partial charge in [0.15, 0.2) is 5.69 Å². The molecule has 0 radical (unpaired) electrons. The lowest BCUT2D eigenvalue weighted by Gasteiger charge is -2.15. The van der Waals surface area contributed by atoms with Crippen molar-refractivity contribution < 1.29 is 9.53 Å². The minimum atomic E-state index is -0.450. The van der Waals surface area contributed by atoms with Crippen molar-refractivity contribution in [2.45, 2.75) is 6.92 Å². The number of methoxy groups -OCH3 is 1. The number of aryl methyl sites for hydroxylation is 1. The fourth-order valence-electron chi connectivity index (χ4n) is 2.65. The molecule has 1 aromatic heterocycles. The molecule has 0 bridgehead atoms. The first-order valence-electron chi connectivity index (χ1n) is 8.02. The van der Waals surface area contributed by atoms with Gasteiger partial charge in [-0.15, -0.1) is 0 Å². The summed E-state index contributed by atoms with van der Waals surface area (Å²) < 4.78 is 4.82. The van der Waals surface area contributed by atoms with Crippen molar-refractivity contribution >= 4 is 33.9 Å². The molecule has 0 amide bonds. The van der Waals surface area contributed by atoms with Gasteiger partial charge < -0.3 is 15.0 Å². The lowest BCUT2D eigenvalue weighted by atomic mass is 10.1. The molecule has 0 saturated carbocycles. The average molecular weight is 335 g/mol. The lowest BCUT2D eigenvalue weighted by Crippen LogP contribution is -2.08. The summed E-state index contributed by atoms with van der Waals surface area (Å²) in [5.74, 6) is -0.450. The first-order chi connectivity index (χ1) is 12.0. The highest BCUT2D eigenvalue weighted by Crippen LogP contribution is 2.28. The van der Waals surface area contributed by atoms with Crippen LogP contribution in [0, 0.1) is 6.92 Å². The van der Waals surface area contributed by atoms with Gasteiger partial charge in [-0.1, -0.05) is 11.6 Å². The molecule has 2 aromatic carbocycles. The molecule has 0 saturated heterocycles. The zero-order valence-corrected chi connectivity index (χ0v) is 14.8. The van der Waals surface area contributed by atoms with E-state index < -0.39 is 5.97 Å². The van der Waals surface area contributed by atoms with Crippen LogP contribution in [0.25, 0.3) is 10.9 Å². The second kappa shape index (κ2) is 6.81. The van der Waals surface area contributed by atoms with Gasteiger partial charge >= 0.3 is 5.97 Å². The number of aromatic nitrogens is 1. The molecule has 3 aromatic rings. The van der Waals surface area contributed by atoms with Gasteiger partial charge in [-0.05, 0) is 49.4 Å². The fourth-order valence-corrected chi connectivity index (χ4v) is 2.65. The maximum Gasteiger partial charge on any atom is 0.356 e. The Kier molecular flexibility index (Phi) is 4.57. The van der Waals surface area contributed by atoms with Crippen molar-refractivity contribution in [1.82, 2.24) is 4.98 Å². The van der Waals surface area contributed by atoms with Gasteiger partial charge in [0.05, 0.1) is 18.3 Å². The van der Waals surface area contributed by atoms with Crippen LogP contribution in [-0.2, 0) is 4.74 Å². The van der Waals surface area contributed by atoms with Gasteiger partial charge in [0.1, 0.15) is 0 Å². The van der Waals surface area contributed by atoms with E-state index in [1.54, 1.807) is 6.07 Å². The number of carbonyl (C=O) groups is 1. The molecule has 5 heteroatoms. The van der Waals surface area contributed by atoms with Crippen LogP contribution in [0.3, 0.4) is 0 Å². The Labute approximate surface area is 147 Å². The normalized spacial score (nSPS) is 10.6. The van der Waals surface area contributed by atoms with Crippen molar-refractivity contribution in [1.29, 1.82) is 0 Å². The van der Waals surface area contributed by atoms with Crippen LogP contribution >= 0.6 is 0 Å². The SMILES string of the molecule is COC(=O)c1cc(Nc2ccc(N(C)C)cc2)c2cc(C)ccc2n1. The van der Waals surface area contributed by atoms with Crippen molar-refractivity contribution in [3.8, 4) is 0 Å². The van der Waals surface area contributed by atoms with E-state index in [0.717, 1.165) is 33.5 Å². The van der Waals surface area contributed by atoms with Gasteiger partial charge in [-0.3, -0.25) is 0 Å². The number of nitrogens with zero attached hydrogens (tertiary/aromatic N) is 2. The summed E-state index contributed by atoms with van der Waals surface area (Å²) >= 11 is 0. The number of fused-ring (bicyclic) bond motifs is 1. The number of ether oxygens (including phenoxy) is 1. The summed E-state index contributed by atoms with van der Waals surface area (Å²) in [7, 11) is 5.37. The number of benzene rings is 2. The molecule has 1 N–H and O–H groups in total. The lowest BCUT2D eigenvalue weighted by molar-refractivity contribution is 0.0594. The molecule has 0 aliphatic carbocycles. The quantitative estimate of drug-likeness (QED) is 0.726. The van der Waals surface area contributed by atoms with Crippen molar-refractivity contribution in [3.05, 3.63) is 59.8 Å². The molecule has 128 valence electrons. The zero-order chi connectivity index (χ0) is 18.0. The number of carbonyl (C=O) groups excluding carboxylic acids is 1. The predicted octanol–water partition coefficient (Wildman–Crippen LogP) is 4.14. The Balaban J connectivity index is 2.06. The maximum atomic E-state index is 11.9.